The summed E-state index contributed by atoms with van der Waals surface area (Å²) in [6, 6.07) is 27.4. The molecule has 1 saturated heterocycles. The van der Waals surface area contributed by atoms with Gasteiger partial charge in [-0.05, 0) is 91.3 Å². The van der Waals surface area contributed by atoms with E-state index in [0.29, 0.717) is 51.4 Å². The molecule has 3 atom stereocenters. The summed E-state index contributed by atoms with van der Waals surface area (Å²) in [5, 5.41) is 3.95. The lowest BCUT2D eigenvalue weighted by atomic mass is 9.98. The van der Waals surface area contributed by atoms with Gasteiger partial charge in [-0.25, -0.2) is 0 Å². The van der Waals surface area contributed by atoms with Gasteiger partial charge in [0.1, 0.15) is 0 Å². The van der Waals surface area contributed by atoms with Gasteiger partial charge in [0.2, 0.25) is 0 Å². The molecule has 4 aromatic carbocycles. The summed E-state index contributed by atoms with van der Waals surface area (Å²) in [6.45, 7) is 3.46. The number of hydrogen-bond acceptors (Lipinski definition) is 3. The lowest BCUT2D eigenvalue weighted by molar-refractivity contribution is 0.0961. The zero-order chi connectivity index (χ0) is 29.0. The Morgan fingerprint density at radius 2 is 1.69 bits per heavy atom. The number of nitrogens with zero attached hydrogens (tertiary/aromatic N) is 2. The standard InChI is InChI=1S/C35H31Cl2N3O2/c1-21-6-8-22(9-7-21)28-4-2-3-5-29(28)34(41)38-26-12-14-30(31(37)18-26)35(42)40-20-33-23-10-13-27(17-23)39(33)19-24-16-25(36)11-15-32(24)40/h2-9,11-12,14-16,18,23,27,33H,10,13,17,19-20H2,1H3,(H,38,41)/t23-,27+,33+/m0/s1. The first-order valence-electron chi connectivity index (χ1n) is 14.5. The Morgan fingerprint density at radius 1 is 0.881 bits per heavy atom. The quantitative estimate of drug-likeness (QED) is 0.258. The van der Waals surface area contributed by atoms with E-state index >= 15 is 0 Å². The highest BCUT2D eigenvalue weighted by atomic mass is 35.5. The molecule has 0 unspecified atom stereocenters. The summed E-state index contributed by atoms with van der Waals surface area (Å²) >= 11 is 13.1. The molecule has 4 aromatic rings. The minimum absolute atomic E-state index is 0.143. The maximum atomic E-state index is 14.1. The zero-order valence-corrected chi connectivity index (χ0v) is 24.8. The molecule has 42 heavy (non-hydrogen) atoms. The average molecular weight is 597 g/mol. The van der Waals surface area contributed by atoms with Gasteiger partial charge in [0.15, 0.2) is 0 Å². The molecule has 2 bridgehead atoms. The molecular weight excluding hydrogens is 565 g/mol. The molecule has 0 radical (unpaired) electrons. The van der Waals surface area contributed by atoms with Crippen LogP contribution in [-0.4, -0.2) is 35.3 Å². The summed E-state index contributed by atoms with van der Waals surface area (Å²) in [5.74, 6) is 0.220. The predicted molar refractivity (Wildman–Crippen MR) is 170 cm³/mol. The van der Waals surface area contributed by atoms with Gasteiger partial charge in [-0.3, -0.25) is 14.5 Å². The van der Waals surface area contributed by atoms with Gasteiger partial charge in [-0.1, -0.05) is 71.2 Å². The smallest absolute Gasteiger partial charge is 0.259 e. The van der Waals surface area contributed by atoms with E-state index in [1.165, 1.54) is 19.3 Å². The van der Waals surface area contributed by atoms with Gasteiger partial charge < -0.3 is 10.2 Å². The first-order valence-corrected chi connectivity index (χ1v) is 15.2. The van der Waals surface area contributed by atoms with Crippen LogP contribution >= 0.6 is 23.2 Å². The molecule has 212 valence electrons. The number of hydrogen-bond donors (Lipinski definition) is 1. The molecule has 2 heterocycles. The summed E-state index contributed by atoms with van der Waals surface area (Å²) in [5.41, 5.74) is 6.44. The normalized spacial score (nSPS) is 21.0. The van der Waals surface area contributed by atoms with Crippen molar-refractivity contribution < 1.29 is 9.59 Å². The molecule has 5 nitrogen and oxygen atoms in total. The van der Waals surface area contributed by atoms with Crippen LogP contribution in [0.5, 0.6) is 0 Å². The minimum Gasteiger partial charge on any atom is -0.322 e. The summed E-state index contributed by atoms with van der Waals surface area (Å²) in [4.78, 5) is 31.9. The lowest BCUT2D eigenvalue weighted by Gasteiger charge is -2.35. The largest absolute Gasteiger partial charge is 0.322 e. The molecule has 2 fully saturated rings. The Kier molecular flexibility index (Phi) is 7.05. The molecule has 2 aliphatic heterocycles. The zero-order valence-electron chi connectivity index (χ0n) is 23.3. The topological polar surface area (TPSA) is 52.7 Å². The van der Waals surface area contributed by atoms with Crippen molar-refractivity contribution in [1.82, 2.24) is 4.90 Å². The molecule has 0 aromatic heterocycles. The molecule has 1 saturated carbocycles. The third-order valence-electron chi connectivity index (χ3n) is 9.18. The van der Waals surface area contributed by atoms with Gasteiger partial charge in [0, 0.05) is 47.1 Å². The number of aryl methyl sites for hydroxylation is 1. The summed E-state index contributed by atoms with van der Waals surface area (Å²) in [6.07, 6.45) is 3.64. The second-order valence-electron chi connectivity index (χ2n) is 11.7. The fourth-order valence-corrected chi connectivity index (χ4v) is 7.53. The fourth-order valence-electron chi connectivity index (χ4n) is 7.08. The van der Waals surface area contributed by atoms with E-state index in [-0.39, 0.29) is 11.8 Å². The summed E-state index contributed by atoms with van der Waals surface area (Å²) in [7, 11) is 0. The predicted octanol–water partition coefficient (Wildman–Crippen LogP) is 8.23. The lowest BCUT2D eigenvalue weighted by Crippen LogP contribution is -2.46. The highest BCUT2D eigenvalue weighted by Gasteiger charge is 2.48. The molecule has 7 heteroatoms. The van der Waals surface area contributed by atoms with Crippen LogP contribution in [0.3, 0.4) is 0 Å². The van der Waals surface area contributed by atoms with Crippen molar-refractivity contribution in [3.8, 4) is 11.1 Å². The van der Waals surface area contributed by atoms with E-state index in [9.17, 15) is 9.59 Å². The Bertz CT molecular complexity index is 1700. The maximum Gasteiger partial charge on any atom is 0.259 e. The van der Waals surface area contributed by atoms with E-state index in [2.05, 4.69) is 10.2 Å². The third kappa shape index (κ3) is 4.90. The number of halogens is 2. The Labute approximate surface area is 256 Å². The first-order chi connectivity index (χ1) is 20.4. The SMILES string of the molecule is Cc1ccc(-c2ccccc2C(=O)Nc2ccc(C(=O)N3C[C@@H]4[C@H]5CC[C@H](C5)N4Cc4cc(Cl)ccc43)c(Cl)c2)cc1. The van der Waals surface area contributed by atoms with Gasteiger partial charge in [0.25, 0.3) is 11.8 Å². The third-order valence-corrected chi connectivity index (χ3v) is 9.72. The van der Waals surface area contributed by atoms with Gasteiger partial charge in [-0.15, -0.1) is 0 Å². The van der Waals surface area contributed by atoms with Crippen LogP contribution in [0.4, 0.5) is 11.4 Å². The second-order valence-corrected chi connectivity index (χ2v) is 12.6. The number of rotatable bonds is 4. The van der Waals surface area contributed by atoms with Crippen molar-refractivity contribution in [3.63, 3.8) is 0 Å². The first kappa shape index (κ1) is 27.2. The van der Waals surface area contributed by atoms with Crippen molar-refractivity contribution in [2.24, 2.45) is 5.92 Å². The van der Waals surface area contributed by atoms with E-state index in [4.69, 9.17) is 23.2 Å². The van der Waals surface area contributed by atoms with Crippen LogP contribution in [0.2, 0.25) is 10.0 Å². The van der Waals surface area contributed by atoms with E-state index in [1.54, 1.807) is 18.2 Å². The van der Waals surface area contributed by atoms with Crippen LogP contribution in [0.1, 0.15) is 51.1 Å². The van der Waals surface area contributed by atoms with Crippen molar-refractivity contribution in [2.75, 3.05) is 16.8 Å². The van der Waals surface area contributed by atoms with Crippen LogP contribution in [0, 0.1) is 12.8 Å². The van der Waals surface area contributed by atoms with Crippen LogP contribution in [0.15, 0.2) is 84.9 Å². The maximum absolute atomic E-state index is 14.1. The van der Waals surface area contributed by atoms with Crippen molar-refractivity contribution in [1.29, 1.82) is 0 Å². The fraction of sp³-hybridized carbons (Fsp3) is 0.257. The Balaban J connectivity index is 1.15. The van der Waals surface area contributed by atoms with Crippen LogP contribution in [0.25, 0.3) is 11.1 Å². The molecule has 1 N–H and O–H groups in total. The number of piperidine rings is 1. The Morgan fingerprint density at radius 3 is 2.50 bits per heavy atom. The average Bonchev–Trinajstić information content (AvgIpc) is 3.54. The number of benzene rings is 4. The van der Waals surface area contributed by atoms with Crippen LogP contribution in [-0.2, 0) is 6.54 Å². The van der Waals surface area contributed by atoms with Crippen molar-refractivity contribution in [3.05, 3.63) is 117 Å². The van der Waals surface area contributed by atoms with E-state index in [0.717, 1.165) is 34.5 Å². The van der Waals surface area contributed by atoms with E-state index < -0.39 is 0 Å². The van der Waals surface area contributed by atoms with Crippen LogP contribution < -0.4 is 10.2 Å². The number of amides is 2. The number of fused-ring (bicyclic) bond motifs is 6. The molecule has 7 rings (SSSR count). The van der Waals surface area contributed by atoms with E-state index in [1.807, 2.05) is 78.6 Å². The summed E-state index contributed by atoms with van der Waals surface area (Å²) < 4.78 is 0. The highest BCUT2D eigenvalue weighted by Crippen LogP contribution is 2.46. The molecule has 1 aliphatic carbocycles. The van der Waals surface area contributed by atoms with Gasteiger partial charge in [-0.2, -0.15) is 0 Å². The molecule has 2 amide bonds. The molecule has 3 aliphatic rings. The number of nitrogens with one attached hydrogen (secondary N) is 1. The van der Waals surface area contributed by atoms with Gasteiger partial charge >= 0.3 is 0 Å². The Hall–Kier alpha value is -3.64. The molecular formula is C35H31Cl2N3O2. The van der Waals surface area contributed by atoms with Crippen molar-refractivity contribution >= 4 is 46.4 Å². The van der Waals surface area contributed by atoms with Crippen molar-refractivity contribution in [2.45, 2.75) is 44.8 Å². The molecule has 0 spiro atoms. The minimum atomic E-state index is -0.240. The second kappa shape index (κ2) is 10.9. The number of carbonyl (C=O) groups is 2. The number of carbonyl (C=O) groups excluding carboxylic acids is 2. The number of anilines is 2. The van der Waals surface area contributed by atoms with Gasteiger partial charge in [0.05, 0.1) is 10.6 Å². The monoisotopic (exact) mass is 595 g/mol. The highest BCUT2D eigenvalue weighted by molar-refractivity contribution is 6.35.